The monoisotopic (exact) mass is 532 g/mol. The molecule has 30 heavy (non-hydrogen) atoms. The van der Waals surface area contributed by atoms with E-state index in [0.29, 0.717) is 24.5 Å². The maximum absolute atomic E-state index is 12.0. The number of methoxy groups -OCH3 is 2. The average molecular weight is 532 g/mol. The van der Waals surface area contributed by atoms with Crippen LogP contribution in [0.25, 0.3) is 0 Å². The molecule has 8 heteroatoms. The van der Waals surface area contributed by atoms with Crippen molar-refractivity contribution in [2.24, 2.45) is 10.9 Å². The third-order valence-electron chi connectivity index (χ3n) is 5.46. The molecule has 2 N–H and O–H groups in total. The van der Waals surface area contributed by atoms with Crippen molar-refractivity contribution in [2.75, 3.05) is 41.4 Å². The maximum atomic E-state index is 12.0. The number of hydrogen-bond acceptors (Lipinski definition) is 4. The first-order valence-electron chi connectivity index (χ1n) is 10.4. The molecule has 0 spiro atoms. The minimum atomic E-state index is -0.0114. The average Bonchev–Trinajstić information content (AvgIpc) is 2.72. The van der Waals surface area contributed by atoms with Crippen LogP contribution in [0.3, 0.4) is 0 Å². The minimum absolute atomic E-state index is 0. The molecule has 2 unspecified atom stereocenters. The SMILES string of the molecule is COc1ccc(CCNC(=NCC(=O)N(C)C)NC2CCCCC2C)cc1OC.I. The topological polar surface area (TPSA) is 75.2 Å². The van der Waals surface area contributed by atoms with E-state index in [0.717, 1.165) is 29.9 Å². The van der Waals surface area contributed by atoms with E-state index in [9.17, 15) is 4.79 Å². The summed E-state index contributed by atoms with van der Waals surface area (Å²) in [6, 6.07) is 6.33. The largest absolute Gasteiger partial charge is 0.493 e. The van der Waals surface area contributed by atoms with Gasteiger partial charge in [-0.25, -0.2) is 4.99 Å². The number of benzene rings is 1. The highest BCUT2D eigenvalue weighted by Gasteiger charge is 2.22. The predicted molar refractivity (Wildman–Crippen MR) is 132 cm³/mol. The van der Waals surface area contributed by atoms with Crippen LogP contribution in [0.1, 0.15) is 38.2 Å². The summed E-state index contributed by atoms with van der Waals surface area (Å²) in [4.78, 5) is 18.1. The van der Waals surface area contributed by atoms with Gasteiger partial charge in [-0.3, -0.25) is 4.79 Å². The molecule has 0 saturated heterocycles. The Labute approximate surface area is 198 Å². The molecule has 2 rings (SSSR count). The summed E-state index contributed by atoms with van der Waals surface area (Å²) in [5.74, 6) is 2.75. The van der Waals surface area contributed by atoms with E-state index in [1.807, 2.05) is 18.2 Å². The summed E-state index contributed by atoms with van der Waals surface area (Å²) in [5, 5.41) is 6.94. The summed E-state index contributed by atoms with van der Waals surface area (Å²) in [6.45, 7) is 3.13. The van der Waals surface area contributed by atoms with Gasteiger partial charge in [0.05, 0.1) is 14.2 Å². The molecule has 1 amide bonds. The van der Waals surface area contributed by atoms with Gasteiger partial charge in [-0.2, -0.15) is 0 Å². The molecule has 7 nitrogen and oxygen atoms in total. The van der Waals surface area contributed by atoms with Crippen molar-refractivity contribution in [3.8, 4) is 11.5 Å². The predicted octanol–water partition coefficient (Wildman–Crippen LogP) is 3.07. The zero-order chi connectivity index (χ0) is 21.2. The van der Waals surface area contributed by atoms with E-state index in [-0.39, 0.29) is 36.4 Å². The second-order valence-electron chi connectivity index (χ2n) is 7.83. The lowest BCUT2D eigenvalue weighted by Gasteiger charge is -2.31. The lowest BCUT2D eigenvalue weighted by atomic mass is 9.86. The van der Waals surface area contributed by atoms with Gasteiger partial charge in [0.1, 0.15) is 6.54 Å². The van der Waals surface area contributed by atoms with Crippen molar-refractivity contribution >= 4 is 35.8 Å². The molecular weight excluding hydrogens is 495 g/mol. The van der Waals surface area contributed by atoms with Crippen molar-refractivity contribution in [1.29, 1.82) is 0 Å². The van der Waals surface area contributed by atoms with Crippen LogP contribution in [-0.4, -0.2) is 64.2 Å². The Morgan fingerprint density at radius 1 is 1.17 bits per heavy atom. The first-order valence-corrected chi connectivity index (χ1v) is 10.4. The Kier molecular flexibility index (Phi) is 11.9. The van der Waals surface area contributed by atoms with Crippen LogP contribution in [0.5, 0.6) is 11.5 Å². The van der Waals surface area contributed by atoms with Gasteiger partial charge < -0.3 is 25.0 Å². The first kappa shape index (κ1) is 26.3. The zero-order valence-electron chi connectivity index (χ0n) is 18.9. The maximum Gasteiger partial charge on any atom is 0.243 e. The van der Waals surface area contributed by atoms with E-state index in [1.54, 1.807) is 33.2 Å². The lowest BCUT2D eigenvalue weighted by molar-refractivity contribution is -0.127. The van der Waals surface area contributed by atoms with Gasteiger partial charge in [0.15, 0.2) is 17.5 Å². The number of aliphatic imine (C=N–C) groups is 1. The van der Waals surface area contributed by atoms with Gasteiger partial charge in [-0.15, -0.1) is 24.0 Å². The summed E-state index contributed by atoms with van der Waals surface area (Å²) in [6.07, 6.45) is 5.70. The van der Waals surface area contributed by atoms with Crippen LogP contribution in [0.15, 0.2) is 23.2 Å². The Bertz CT molecular complexity index is 697. The van der Waals surface area contributed by atoms with Gasteiger partial charge in [0.25, 0.3) is 0 Å². The van der Waals surface area contributed by atoms with Crippen LogP contribution in [-0.2, 0) is 11.2 Å². The molecule has 0 bridgehead atoms. The molecule has 1 aromatic rings. The normalized spacial score (nSPS) is 18.8. The second-order valence-corrected chi connectivity index (χ2v) is 7.83. The lowest BCUT2D eigenvalue weighted by Crippen LogP contribution is -2.48. The number of nitrogens with zero attached hydrogens (tertiary/aromatic N) is 2. The summed E-state index contributed by atoms with van der Waals surface area (Å²) < 4.78 is 10.7. The number of carbonyl (C=O) groups excluding carboxylic acids is 1. The van der Waals surface area contributed by atoms with Crippen molar-refractivity contribution < 1.29 is 14.3 Å². The van der Waals surface area contributed by atoms with Gasteiger partial charge in [0, 0.05) is 26.7 Å². The molecule has 1 fully saturated rings. The fourth-order valence-electron chi connectivity index (χ4n) is 3.51. The van der Waals surface area contributed by atoms with Crippen molar-refractivity contribution in [1.82, 2.24) is 15.5 Å². The highest BCUT2D eigenvalue weighted by atomic mass is 127. The van der Waals surface area contributed by atoms with Crippen LogP contribution < -0.4 is 20.1 Å². The first-order chi connectivity index (χ1) is 13.9. The molecule has 2 atom stereocenters. The smallest absolute Gasteiger partial charge is 0.243 e. The van der Waals surface area contributed by atoms with Crippen LogP contribution in [0, 0.1) is 5.92 Å². The van der Waals surface area contributed by atoms with Crippen molar-refractivity contribution in [3.05, 3.63) is 23.8 Å². The molecule has 1 saturated carbocycles. The molecular formula is C22H37IN4O3. The standard InChI is InChI=1S/C22H36N4O3.HI/c1-16-8-6-7-9-18(16)25-22(24-15-21(27)26(2)3)23-13-12-17-10-11-19(28-4)20(14-17)29-5;/h10-11,14,16,18H,6-9,12-13,15H2,1-5H3,(H2,23,24,25);1H. The molecule has 170 valence electrons. The minimum Gasteiger partial charge on any atom is -0.493 e. The number of halogens is 1. The number of ether oxygens (including phenoxy) is 2. The number of carbonyl (C=O) groups is 1. The molecule has 1 aromatic carbocycles. The second kappa shape index (κ2) is 13.6. The van der Waals surface area contributed by atoms with Gasteiger partial charge in [-0.05, 0) is 42.9 Å². The van der Waals surface area contributed by atoms with E-state index < -0.39 is 0 Å². The quantitative estimate of drug-likeness (QED) is 0.306. The Morgan fingerprint density at radius 2 is 1.87 bits per heavy atom. The van der Waals surface area contributed by atoms with E-state index in [1.165, 1.54) is 19.3 Å². The number of amides is 1. The van der Waals surface area contributed by atoms with Crippen LogP contribution in [0.2, 0.25) is 0 Å². The number of hydrogen-bond donors (Lipinski definition) is 2. The third-order valence-corrected chi connectivity index (χ3v) is 5.46. The number of guanidine groups is 1. The summed E-state index contributed by atoms with van der Waals surface area (Å²) >= 11 is 0. The zero-order valence-corrected chi connectivity index (χ0v) is 21.2. The molecule has 0 aromatic heterocycles. The third kappa shape index (κ3) is 8.20. The van der Waals surface area contributed by atoms with Gasteiger partial charge in [0.2, 0.25) is 5.91 Å². The molecule has 0 aliphatic heterocycles. The van der Waals surface area contributed by atoms with Crippen molar-refractivity contribution in [3.63, 3.8) is 0 Å². The highest BCUT2D eigenvalue weighted by molar-refractivity contribution is 14.0. The molecule has 1 aliphatic carbocycles. The van der Waals surface area contributed by atoms with E-state index >= 15 is 0 Å². The van der Waals surface area contributed by atoms with E-state index in [4.69, 9.17) is 9.47 Å². The Morgan fingerprint density at radius 3 is 2.50 bits per heavy atom. The summed E-state index contributed by atoms with van der Waals surface area (Å²) in [5.41, 5.74) is 1.14. The van der Waals surface area contributed by atoms with Crippen molar-refractivity contribution in [2.45, 2.75) is 45.1 Å². The Balaban J connectivity index is 0.00000450. The fourth-order valence-corrected chi connectivity index (χ4v) is 3.51. The number of nitrogens with one attached hydrogen (secondary N) is 2. The number of likely N-dealkylation sites (N-methyl/N-ethyl adjacent to an activating group) is 1. The van der Waals surface area contributed by atoms with Gasteiger partial charge >= 0.3 is 0 Å². The van der Waals surface area contributed by atoms with Crippen LogP contribution in [0.4, 0.5) is 0 Å². The Hall–Kier alpha value is -1.71. The fraction of sp³-hybridized carbons (Fsp3) is 0.636. The van der Waals surface area contributed by atoms with Crippen LogP contribution >= 0.6 is 24.0 Å². The number of rotatable bonds is 8. The highest BCUT2D eigenvalue weighted by Crippen LogP contribution is 2.27. The summed E-state index contributed by atoms with van der Waals surface area (Å²) in [7, 11) is 6.77. The molecule has 0 heterocycles. The van der Waals surface area contributed by atoms with E-state index in [2.05, 4.69) is 22.5 Å². The van der Waals surface area contributed by atoms with Gasteiger partial charge in [-0.1, -0.05) is 25.8 Å². The molecule has 1 aliphatic rings. The molecule has 0 radical (unpaired) electrons.